The lowest BCUT2D eigenvalue weighted by atomic mass is 9.74. The van der Waals surface area contributed by atoms with E-state index >= 15 is 0 Å². The van der Waals surface area contributed by atoms with Crippen molar-refractivity contribution in [2.75, 3.05) is 19.6 Å². The van der Waals surface area contributed by atoms with E-state index in [9.17, 15) is 0 Å². The molecule has 2 fully saturated rings. The summed E-state index contributed by atoms with van der Waals surface area (Å²) in [7, 11) is 0. The monoisotopic (exact) mass is 294 g/mol. The molecule has 1 saturated carbocycles. The molecule has 21 heavy (non-hydrogen) atoms. The lowest BCUT2D eigenvalue weighted by Gasteiger charge is -2.47. The lowest BCUT2D eigenvalue weighted by Crippen LogP contribution is -2.60. The zero-order valence-corrected chi connectivity index (χ0v) is 15.1. The molecule has 2 unspecified atom stereocenters. The molecule has 0 radical (unpaired) electrons. The van der Waals surface area contributed by atoms with Crippen LogP contribution in [-0.2, 0) is 0 Å². The average molecular weight is 295 g/mol. The largest absolute Gasteiger partial charge is 0.311 e. The number of rotatable bonds is 5. The second kappa shape index (κ2) is 7.46. The highest BCUT2D eigenvalue weighted by atomic mass is 15.2. The van der Waals surface area contributed by atoms with Crippen LogP contribution in [-0.4, -0.2) is 36.6 Å². The van der Waals surface area contributed by atoms with Crippen molar-refractivity contribution in [3.8, 4) is 0 Å². The summed E-state index contributed by atoms with van der Waals surface area (Å²) in [5.41, 5.74) is 0.575. The van der Waals surface area contributed by atoms with Crippen LogP contribution < -0.4 is 5.32 Å². The third kappa shape index (κ3) is 4.96. The molecule has 0 bridgehead atoms. The maximum Gasteiger partial charge on any atom is 0.0244 e. The summed E-state index contributed by atoms with van der Waals surface area (Å²) in [6.07, 6.45) is 8.56. The first kappa shape index (κ1) is 17.3. The predicted octanol–water partition coefficient (Wildman–Crippen LogP) is 4.30. The van der Waals surface area contributed by atoms with Crippen LogP contribution >= 0.6 is 0 Å². The Bertz CT molecular complexity index is 305. The standard InChI is InChI=1S/C19H38N2/c1-15(2)11-17-13-21(18(12-20-17)16(3)4)14-19(5)9-7-6-8-10-19/h15-18,20H,6-14H2,1-5H3. The first-order chi connectivity index (χ1) is 9.89. The Morgan fingerprint density at radius 2 is 1.76 bits per heavy atom. The van der Waals surface area contributed by atoms with Gasteiger partial charge in [0.1, 0.15) is 0 Å². The first-order valence-electron chi connectivity index (χ1n) is 9.37. The van der Waals surface area contributed by atoms with Gasteiger partial charge in [-0.1, -0.05) is 53.9 Å². The highest BCUT2D eigenvalue weighted by Crippen LogP contribution is 2.37. The van der Waals surface area contributed by atoms with Gasteiger partial charge in [-0.05, 0) is 36.5 Å². The van der Waals surface area contributed by atoms with Crippen LogP contribution in [0.2, 0.25) is 0 Å². The molecule has 0 aromatic rings. The van der Waals surface area contributed by atoms with E-state index in [1.165, 1.54) is 58.2 Å². The maximum atomic E-state index is 3.82. The van der Waals surface area contributed by atoms with Gasteiger partial charge in [0.05, 0.1) is 0 Å². The Kier molecular flexibility index (Phi) is 6.14. The van der Waals surface area contributed by atoms with Gasteiger partial charge in [0.15, 0.2) is 0 Å². The molecule has 0 amide bonds. The fourth-order valence-corrected chi connectivity index (χ4v) is 4.52. The molecule has 1 heterocycles. The SMILES string of the molecule is CC(C)CC1CN(CC2(C)CCCCC2)C(C(C)C)CN1. The van der Waals surface area contributed by atoms with Crippen molar-refractivity contribution in [1.82, 2.24) is 10.2 Å². The lowest BCUT2D eigenvalue weighted by molar-refractivity contribution is 0.0365. The Morgan fingerprint density at radius 3 is 2.33 bits per heavy atom. The number of nitrogens with zero attached hydrogens (tertiary/aromatic N) is 1. The third-order valence-electron chi connectivity index (χ3n) is 5.71. The molecule has 1 aliphatic carbocycles. The van der Waals surface area contributed by atoms with Gasteiger partial charge in [0, 0.05) is 31.7 Å². The Labute approximate surface area is 133 Å². The fourth-order valence-electron chi connectivity index (χ4n) is 4.52. The van der Waals surface area contributed by atoms with Crippen LogP contribution in [0.1, 0.15) is 73.1 Å². The van der Waals surface area contributed by atoms with E-state index in [1.807, 2.05) is 0 Å². The topological polar surface area (TPSA) is 15.3 Å². The maximum absolute atomic E-state index is 3.82. The van der Waals surface area contributed by atoms with Crippen molar-refractivity contribution in [3.63, 3.8) is 0 Å². The van der Waals surface area contributed by atoms with E-state index in [-0.39, 0.29) is 0 Å². The molecule has 2 atom stereocenters. The molecule has 1 saturated heterocycles. The summed E-state index contributed by atoms with van der Waals surface area (Å²) in [5, 5.41) is 3.82. The van der Waals surface area contributed by atoms with Gasteiger partial charge in [-0.25, -0.2) is 0 Å². The summed E-state index contributed by atoms with van der Waals surface area (Å²) in [5.74, 6) is 1.55. The van der Waals surface area contributed by atoms with Crippen molar-refractivity contribution in [1.29, 1.82) is 0 Å². The van der Waals surface area contributed by atoms with Gasteiger partial charge in [-0.15, -0.1) is 0 Å². The molecule has 2 aliphatic rings. The minimum atomic E-state index is 0.575. The fraction of sp³-hybridized carbons (Fsp3) is 1.00. The van der Waals surface area contributed by atoms with Crippen LogP contribution in [0.25, 0.3) is 0 Å². The molecule has 2 nitrogen and oxygen atoms in total. The van der Waals surface area contributed by atoms with Crippen molar-refractivity contribution >= 4 is 0 Å². The smallest absolute Gasteiger partial charge is 0.0244 e. The summed E-state index contributed by atoms with van der Waals surface area (Å²) in [4.78, 5) is 2.85. The van der Waals surface area contributed by atoms with Gasteiger partial charge in [0.2, 0.25) is 0 Å². The molecule has 2 heteroatoms. The van der Waals surface area contributed by atoms with Crippen LogP contribution in [0.3, 0.4) is 0 Å². The highest BCUT2D eigenvalue weighted by molar-refractivity contribution is 4.92. The zero-order chi connectivity index (χ0) is 15.5. The van der Waals surface area contributed by atoms with Crippen LogP contribution in [0.5, 0.6) is 0 Å². The van der Waals surface area contributed by atoms with Crippen molar-refractivity contribution in [3.05, 3.63) is 0 Å². The van der Waals surface area contributed by atoms with Gasteiger partial charge >= 0.3 is 0 Å². The minimum Gasteiger partial charge on any atom is -0.311 e. The summed E-state index contributed by atoms with van der Waals surface area (Å²) >= 11 is 0. The first-order valence-corrected chi connectivity index (χ1v) is 9.37. The summed E-state index contributed by atoms with van der Waals surface area (Å²) in [6.45, 7) is 15.8. The van der Waals surface area contributed by atoms with Gasteiger partial charge < -0.3 is 5.32 Å². The zero-order valence-electron chi connectivity index (χ0n) is 15.1. The van der Waals surface area contributed by atoms with Crippen molar-refractivity contribution < 1.29 is 0 Å². The van der Waals surface area contributed by atoms with Crippen LogP contribution in [0, 0.1) is 17.3 Å². The molecular weight excluding hydrogens is 256 g/mol. The van der Waals surface area contributed by atoms with E-state index in [0.29, 0.717) is 11.5 Å². The normalized spacial score (nSPS) is 31.0. The molecule has 124 valence electrons. The number of nitrogens with one attached hydrogen (secondary N) is 1. The Balaban J connectivity index is 1.99. The van der Waals surface area contributed by atoms with Crippen LogP contribution in [0.15, 0.2) is 0 Å². The molecule has 1 N–H and O–H groups in total. The predicted molar refractivity (Wildman–Crippen MR) is 92.6 cm³/mol. The summed E-state index contributed by atoms with van der Waals surface area (Å²) in [6, 6.07) is 1.43. The highest BCUT2D eigenvalue weighted by Gasteiger charge is 2.36. The van der Waals surface area contributed by atoms with E-state index < -0.39 is 0 Å². The molecule has 2 rings (SSSR count). The second-order valence-electron chi connectivity index (χ2n) is 8.85. The van der Waals surface area contributed by atoms with Crippen molar-refractivity contribution in [2.45, 2.75) is 85.2 Å². The Hall–Kier alpha value is -0.0800. The Morgan fingerprint density at radius 1 is 1.10 bits per heavy atom. The van der Waals surface area contributed by atoms with Gasteiger partial charge in [0.25, 0.3) is 0 Å². The van der Waals surface area contributed by atoms with E-state index in [0.717, 1.165) is 17.9 Å². The van der Waals surface area contributed by atoms with E-state index in [1.54, 1.807) is 0 Å². The molecule has 0 aromatic heterocycles. The number of piperazine rings is 1. The number of hydrogen-bond donors (Lipinski definition) is 1. The number of hydrogen-bond acceptors (Lipinski definition) is 2. The molecular formula is C19H38N2. The minimum absolute atomic E-state index is 0.575. The van der Waals surface area contributed by atoms with Gasteiger partial charge in [-0.3, -0.25) is 4.90 Å². The second-order valence-corrected chi connectivity index (χ2v) is 8.85. The molecule has 0 aromatic carbocycles. The van der Waals surface area contributed by atoms with E-state index in [2.05, 4.69) is 44.8 Å². The third-order valence-corrected chi connectivity index (χ3v) is 5.71. The van der Waals surface area contributed by atoms with Crippen molar-refractivity contribution in [2.24, 2.45) is 17.3 Å². The quantitative estimate of drug-likeness (QED) is 0.813. The molecule has 0 spiro atoms. The van der Waals surface area contributed by atoms with E-state index in [4.69, 9.17) is 0 Å². The molecule has 1 aliphatic heterocycles. The summed E-state index contributed by atoms with van der Waals surface area (Å²) < 4.78 is 0. The van der Waals surface area contributed by atoms with Gasteiger partial charge in [-0.2, -0.15) is 0 Å². The average Bonchev–Trinajstić information content (AvgIpc) is 2.38. The van der Waals surface area contributed by atoms with Crippen LogP contribution in [0.4, 0.5) is 0 Å².